The fourth-order valence-corrected chi connectivity index (χ4v) is 5.52. The van der Waals surface area contributed by atoms with E-state index in [4.69, 9.17) is 0 Å². The van der Waals surface area contributed by atoms with Crippen molar-refractivity contribution in [2.24, 2.45) is 0 Å². The number of nitrogens with zero attached hydrogens (tertiary/aromatic N) is 3. The standard InChI is InChI=1S/C20H13F3N6O2S2/c1-9-26-8-15(32-9)33(30,31)29-14-7-10(21)6-13(16(14)22)11-2-3-12-18(17(11)23)27-28-19(12)20-24-4-5-25-20/h2-8,29H,1H3,(H,24,25)(H,27,28). The van der Waals surface area contributed by atoms with E-state index in [0.29, 0.717) is 28.0 Å². The Hall–Kier alpha value is -3.71. The number of aryl methyl sites for hydroxylation is 1. The van der Waals surface area contributed by atoms with Crippen LogP contribution in [0.2, 0.25) is 0 Å². The van der Waals surface area contributed by atoms with Gasteiger partial charge < -0.3 is 4.98 Å². The second-order valence-corrected chi connectivity index (χ2v) is 10.1. The van der Waals surface area contributed by atoms with E-state index in [1.165, 1.54) is 18.3 Å². The summed E-state index contributed by atoms with van der Waals surface area (Å²) in [6.45, 7) is 1.61. The molecule has 0 spiro atoms. The first-order valence-electron chi connectivity index (χ1n) is 9.35. The van der Waals surface area contributed by atoms with Crippen LogP contribution in [-0.4, -0.2) is 33.6 Å². The predicted octanol–water partition coefficient (Wildman–Crippen LogP) is 4.60. The van der Waals surface area contributed by atoms with Gasteiger partial charge in [-0.1, -0.05) is 6.07 Å². The summed E-state index contributed by atoms with van der Waals surface area (Å²) in [6.07, 6.45) is 4.21. The monoisotopic (exact) mass is 490 g/mol. The quantitative estimate of drug-likeness (QED) is 0.333. The number of thiazole rings is 1. The molecule has 0 fully saturated rings. The third kappa shape index (κ3) is 3.64. The Balaban J connectivity index is 1.60. The fourth-order valence-electron chi connectivity index (χ4n) is 3.36. The average Bonchev–Trinajstić information content (AvgIpc) is 3.51. The Morgan fingerprint density at radius 3 is 2.58 bits per heavy atom. The van der Waals surface area contributed by atoms with E-state index in [-0.39, 0.29) is 15.3 Å². The zero-order valence-electron chi connectivity index (χ0n) is 16.6. The topological polar surface area (TPSA) is 116 Å². The van der Waals surface area contributed by atoms with Gasteiger partial charge in [0.15, 0.2) is 21.7 Å². The molecule has 2 aromatic carbocycles. The minimum Gasteiger partial charge on any atom is -0.343 e. The molecule has 3 heterocycles. The molecule has 33 heavy (non-hydrogen) atoms. The molecular weight excluding hydrogens is 477 g/mol. The number of halogens is 3. The number of nitrogens with one attached hydrogen (secondary N) is 3. The molecule has 168 valence electrons. The highest BCUT2D eigenvalue weighted by molar-refractivity contribution is 7.94. The minimum atomic E-state index is -4.22. The van der Waals surface area contributed by atoms with Crippen LogP contribution in [0.25, 0.3) is 33.5 Å². The molecule has 0 atom stereocenters. The molecular formula is C20H13F3N6O2S2. The van der Waals surface area contributed by atoms with Gasteiger partial charge in [-0.25, -0.2) is 31.6 Å². The van der Waals surface area contributed by atoms with Crippen molar-refractivity contribution in [3.8, 4) is 22.6 Å². The summed E-state index contributed by atoms with van der Waals surface area (Å²) >= 11 is 0.873. The third-order valence-electron chi connectivity index (χ3n) is 4.84. The molecule has 5 aromatic rings. The summed E-state index contributed by atoms with van der Waals surface area (Å²) in [6, 6.07) is 4.23. The van der Waals surface area contributed by atoms with Gasteiger partial charge in [0.1, 0.15) is 17.0 Å². The summed E-state index contributed by atoms with van der Waals surface area (Å²) in [5.74, 6) is -2.57. The van der Waals surface area contributed by atoms with Crippen LogP contribution in [0.4, 0.5) is 18.9 Å². The number of benzene rings is 2. The molecule has 0 aliphatic carbocycles. The van der Waals surface area contributed by atoms with E-state index >= 15 is 8.78 Å². The number of fused-ring (bicyclic) bond motifs is 1. The molecule has 3 aromatic heterocycles. The van der Waals surface area contributed by atoms with Gasteiger partial charge in [0.05, 0.1) is 16.9 Å². The Morgan fingerprint density at radius 2 is 1.88 bits per heavy atom. The van der Waals surface area contributed by atoms with E-state index in [2.05, 4.69) is 25.1 Å². The number of aromatic nitrogens is 5. The van der Waals surface area contributed by atoms with Crippen molar-refractivity contribution >= 4 is 38.0 Å². The number of hydrogen-bond acceptors (Lipinski definition) is 6. The molecule has 0 saturated carbocycles. The van der Waals surface area contributed by atoms with Gasteiger partial charge >= 0.3 is 0 Å². The summed E-state index contributed by atoms with van der Waals surface area (Å²) in [7, 11) is -4.22. The number of imidazole rings is 1. The lowest BCUT2D eigenvalue weighted by atomic mass is 10.0. The number of H-pyrrole nitrogens is 2. The Morgan fingerprint density at radius 1 is 1.06 bits per heavy atom. The first-order valence-corrected chi connectivity index (χ1v) is 11.7. The third-order valence-corrected chi connectivity index (χ3v) is 7.58. The molecule has 0 radical (unpaired) electrons. The number of hydrogen-bond donors (Lipinski definition) is 3. The zero-order valence-corrected chi connectivity index (χ0v) is 18.3. The van der Waals surface area contributed by atoms with Gasteiger partial charge in [0.25, 0.3) is 10.0 Å². The van der Waals surface area contributed by atoms with Crippen LogP contribution in [0, 0.1) is 24.4 Å². The van der Waals surface area contributed by atoms with Gasteiger partial charge in [0.2, 0.25) is 0 Å². The van der Waals surface area contributed by atoms with Crippen molar-refractivity contribution in [3.05, 3.63) is 65.3 Å². The number of anilines is 1. The van der Waals surface area contributed by atoms with Crippen LogP contribution >= 0.6 is 11.3 Å². The predicted molar refractivity (Wildman–Crippen MR) is 117 cm³/mol. The van der Waals surface area contributed by atoms with Crippen LogP contribution in [0.1, 0.15) is 5.01 Å². The summed E-state index contributed by atoms with van der Waals surface area (Å²) in [5, 5.41) is 7.46. The highest BCUT2D eigenvalue weighted by Gasteiger charge is 2.24. The van der Waals surface area contributed by atoms with Crippen LogP contribution in [-0.2, 0) is 10.0 Å². The number of sulfonamides is 1. The molecule has 0 saturated heterocycles. The second-order valence-electron chi connectivity index (χ2n) is 6.98. The Labute approximate surface area is 188 Å². The van der Waals surface area contributed by atoms with Crippen LogP contribution < -0.4 is 4.72 Å². The lowest BCUT2D eigenvalue weighted by Crippen LogP contribution is -2.13. The average molecular weight is 490 g/mol. The highest BCUT2D eigenvalue weighted by Crippen LogP contribution is 2.36. The molecule has 0 unspecified atom stereocenters. The number of rotatable bonds is 5. The van der Waals surface area contributed by atoms with Gasteiger partial charge in [-0.15, -0.1) is 11.3 Å². The van der Waals surface area contributed by atoms with Crippen LogP contribution in [0.3, 0.4) is 0 Å². The summed E-state index contributed by atoms with van der Waals surface area (Å²) in [4.78, 5) is 10.8. The van der Waals surface area contributed by atoms with E-state index in [0.717, 1.165) is 23.6 Å². The maximum Gasteiger partial charge on any atom is 0.273 e. The maximum atomic E-state index is 15.3. The normalized spacial score (nSPS) is 11.9. The van der Waals surface area contributed by atoms with Crippen molar-refractivity contribution in [1.29, 1.82) is 0 Å². The summed E-state index contributed by atoms with van der Waals surface area (Å²) < 4.78 is 71.9. The maximum absolute atomic E-state index is 15.3. The van der Waals surface area contributed by atoms with Gasteiger partial charge in [-0.05, 0) is 19.1 Å². The SMILES string of the molecule is Cc1ncc(S(=O)(=O)Nc2cc(F)cc(-c3ccc4c(-c5ncc[nH]5)n[nH]c4c3F)c2F)s1. The van der Waals surface area contributed by atoms with Crippen molar-refractivity contribution in [2.45, 2.75) is 11.1 Å². The highest BCUT2D eigenvalue weighted by atomic mass is 32.2. The van der Waals surface area contributed by atoms with Crippen molar-refractivity contribution in [1.82, 2.24) is 25.1 Å². The van der Waals surface area contributed by atoms with Gasteiger partial charge in [-0.3, -0.25) is 9.82 Å². The smallest absolute Gasteiger partial charge is 0.273 e. The first kappa shape index (κ1) is 21.2. The fraction of sp³-hybridized carbons (Fsp3) is 0.0500. The second kappa shape index (κ2) is 7.71. The summed E-state index contributed by atoms with van der Waals surface area (Å²) in [5.41, 5.74) is -1.07. The van der Waals surface area contributed by atoms with Gasteiger partial charge in [0, 0.05) is 35.0 Å². The molecule has 0 amide bonds. The molecule has 8 nitrogen and oxygen atoms in total. The van der Waals surface area contributed by atoms with Crippen molar-refractivity contribution < 1.29 is 21.6 Å². The van der Waals surface area contributed by atoms with Crippen molar-refractivity contribution in [3.63, 3.8) is 0 Å². The minimum absolute atomic E-state index is 0.0372. The van der Waals surface area contributed by atoms with Gasteiger partial charge in [-0.2, -0.15) is 5.10 Å². The van der Waals surface area contributed by atoms with E-state index in [1.807, 2.05) is 4.72 Å². The molecule has 0 aliphatic rings. The first-order chi connectivity index (χ1) is 15.7. The Bertz CT molecular complexity index is 1610. The molecule has 3 N–H and O–H groups in total. The lowest BCUT2D eigenvalue weighted by Gasteiger charge is -2.12. The van der Waals surface area contributed by atoms with Crippen molar-refractivity contribution in [2.75, 3.05) is 4.72 Å². The van der Waals surface area contributed by atoms with E-state index < -0.39 is 38.7 Å². The molecule has 5 rings (SSSR count). The molecule has 13 heteroatoms. The Kier molecular flexibility index (Phi) is 4.94. The van der Waals surface area contributed by atoms with Crippen LogP contribution in [0.15, 0.2) is 47.1 Å². The van der Waals surface area contributed by atoms with Crippen LogP contribution in [0.5, 0.6) is 0 Å². The van der Waals surface area contributed by atoms with E-state index in [9.17, 15) is 12.8 Å². The zero-order chi connectivity index (χ0) is 23.3. The van der Waals surface area contributed by atoms with E-state index in [1.54, 1.807) is 13.1 Å². The number of aromatic amines is 2. The molecule has 0 aliphatic heterocycles. The largest absolute Gasteiger partial charge is 0.343 e. The lowest BCUT2D eigenvalue weighted by molar-refractivity contribution is 0.595. The molecule has 0 bridgehead atoms.